The van der Waals surface area contributed by atoms with E-state index in [1.807, 2.05) is 0 Å². The van der Waals surface area contributed by atoms with Crippen molar-refractivity contribution in [3.05, 3.63) is 41.6 Å². The second kappa shape index (κ2) is 6.87. The van der Waals surface area contributed by atoms with Gasteiger partial charge in [0.05, 0.1) is 12.8 Å². The van der Waals surface area contributed by atoms with Gasteiger partial charge in [0.15, 0.2) is 5.65 Å². The lowest BCUT2D eigenvalue weighted by atomic mass is 10.0. The Labute approximate surface area is 166 Å². The summed E-state index contributed by atoms with van der Waals surface area (Å²) in [5.41, 5.74) is 2.58. The molecule has 0 saturated carbocycles. The number of rotatable bonds is 4. The van der Waals surface area contributed by atoms with Crippen LogP contribution >= 0.6 is 0 Å². The van der Waals surface area contributed by atoms with Gasteiger partial charge in [0, 0.05) is 44.2 Å². The molecule has 5 rings (SSSR count). The summed E-state index contributed by atoms with van der Waals surface area (Å²) in [6.45, 7) is 2.14. The molecule has 2 aliphatic rings. The first-order chi connectivity index (χ1) is 14.1. The number of hydrogen-bond donors (Lipinski definition) is 1. The normalized spacial score (nSPS) is 16.3. The molecule has 10 heteroatoms. The second-order valence-corrected chi connectivity index (χ2v) is 7.16. The summed E-state index contributed by atoms with van der Waals surface area (Å²) in [5, 5.41) is 11.3. The number of ether oxygens (including phenoxy) is 1. The number of nitrogens with one attached hydrogen (secondary N) is 1. The molecule has 0 spiro atoms. The van der Waals surface area contributed by atoms with Crippen LogP contribution in [0.1, 0.15) is 17.5 Å². The highest BCUT2D eigenvalue weighted by Gasteiger charge is 2.27. The van der Waals surface area contributed by atoms with Gasteiger partial charge in [-0.25, -0.2) is 18.6 Å². The zero-order chi connectivity index (χ0) is 20.0. The molecule has 9 nitrogen and oxygen atoms in total. The van der Waals surface area contributed by atoms with Crippen molar-refractivity contribution in [2.24, 2.45) is 0 Å². The maximum absolute atomic E-state index is 14.4. The lowest BCUT2D eigenvalue weighted by Crippen LogP contribution is -2.47. The van der Waals surface area contributed by atoms with Crippen molar-refractivity contribution in [1.29, 1.82) is 0 Å². The van der Waals surface area contributed by atoms with Crippen molar-refractivity contribution in [3.63, 3.8) is 0 Å². The molecular weight excluding hydrogens is 377 g/mol. The minimum atomic E-state index is -0.277. The Balaban J connectivity index is 1.45. The van der Waals surface area contributed by atoms with Crippen LogP contribution in [0.25, 0.3) is 5.65 Å². The van der Waals surface area contributed by atoms with Gasteiger partial charge in [0.25, 0.3) is 0 Å². The number of hydrogen-bond acceptors (Lipinski definition) is 6. The molecule has 0 radical (unpaired) electrons. The molecular formula is C19H20FN7O2. The highest BCUT2D eigenvalue weighted by atomic mass is 19.1. The molecule has 1 N–H and O–H groups in total. The van der Waals surface area contributed by atoms with Crippen molar-refractivity contribution in [1.82, 2.24) is 24.5 Å². The van der Waals surface area contributed by atoms with Gasteiger partial charge in [-0.2, -0.15) is 0 Å². The zero-order valence-electron chi connectivity index (χ0n) is 15.9. The topological polar surface area (TPSA) is 87.9 Å². The highest BCUT2D eigenvalue weighted by molar-refractivity contribution is 5.96. The van der Waals surface area contributed by atoms with E-state index in [-0.39, 0.29) is 18.4 Å². The average molecular weight is 397 g/mol. The van der Waals surface area contributed by atoms with E-state index in [1.54, 1.807) is 33.5 Å². The van der Waals surface area contributed by atoms with E-state index in [0.29, 0.717) is 42.4 Å². The number of amides is 2. The van der Waals surface area contributed by atoms with Crippen LogP contribution in [0.4, 0.5) is 20.8 Å². The fraction of sp³-hybridized carbons (Fsp3) is 0.368. The summed E-state index contributed by atoms with van der Waals surface area (Å²) in [5.74, 6) is 0.927. The Bertz CT molecular complexity index is 1100. The van der Waals surface area contributed by atoms with Crippen molar-refractivity contribution in [3.8, 4) is 5.75 Å². The predicted molar refractivity (Wildman–Crippen MR) is 104 cm³/mol. The number of benzene rings is 1. The van der Waals surface area contributed by atoms with Crippen LogP contribution in [-0.2, 0) is 13.0 Å². The van der Waals surface area contributed by atoms with Gasteiger partial charge >= 0.3 is 6.03 Å². The van der Waals surface area contributed by atoms with E-state index in [9.17, 15) is 9.18 Å². The third kappa shape index (κ3) is 2.91. The lowest BCUT2D eigenvalue weighted by molar-refractivity contribution is 0.207. The number of urea groups is 1. The minimum Gasteiger partial charge on any atom is -0.493 e. The largest absolute Gasteiger partial charge is 0.493 e. The smallest absolute Gasteiger partial charge is 0.324 e. The molecule has 1 fully saturated rings. The molecule has 29 heavy (non-hydrogen) atoms. The van der Waals surface area contributed by atoms with Crippen LogP contribution in [-0.4, -0.2) is 57.3 Å². The lowest BCUT2D eigenvalue weighted by Gasteiger charge is -2.33. The standard InChI is InChI=1S/C19H20FN7O2/c1-25-6-2-7-26(19(25)28)15-10-22-18(27-11-23-24-17(15)27)21-9-13-12-5-8-29-16(12)4-3-14(13)20/h3-4,10-11H,2,5-9H2,1H3,(H,21,22). The zero-order valence-corrected chi connectivity index (χ0v) is 15.9. The molecule has 0 aliphatic carbocycles. The number of halogens is 1. The van der Waals surface area contributed by atoms with Gasteiger partial charge in [-0.1, -0.05) is 0 Å². The Hall–Kier alpha value is -3.43. The van der Waals surface area contributed by atoms with E-state index < -0.39 is 0 Å². The van der Waals surface area contributed by atoms with E-state index in [1.165, 1.54) is 12.4 Å². The van der Waals surface area contributed by atoms with E-state index in [2.05, 4.69) is 20.5 Å². The molecule has 0 atom stereocenters. The van der Waals surface area contributed by atoms with Gasteiger partial charge in [-0.3, -0.25) is 4.90 Å². The van der Waals surface area contributed by atoms with Gasteiger partial charge in [0.1, 0.15) is 23.6 Å². The summed E-state index contributed by atoms with van der Waals surface area (Å²) < 4.78 is 21.6. The van der Waals surface area contributed by atoms with E-state index in [4.69, 9.17) is 4.74 Å². The van der Waals surface area contributed by atoms with Crippen LogP contribution in [0.5, 0.6) is 5.75 Å². The van der Waals surface area contributed by atoms with Gasteiger partial charge in [-0.15, -0.1) is 10.2 Å². The first-order valence-corrected chi connectivity index (χ1v) is 9.52. The Kier molecular flexibility index (Phi) is 4.18. The first kappa shape index (κ1) is 17.7. The van der Waals surface area contributed by atoms with Gasteiger partial charge in [-0.05, 0) is 18.6 Å². The van der Waals surface area contributed by atoms with Crippen molar-refractivity contribution in [2.45, 2.75) is 19.4 Å². The molecule has 3 aromatic rings. The summed E-state index contributed by atoms with van der Waals surface area (Å²) in [7, 11) is 1.77. The van der Waals surface area contributed by atoms with Crippen molar-refractivity contribution >= 4 is 23.3 Å². The van der Waals surface area contributed by atoms with E-state index >= 15 is 0 Å². The third-order valence-corrected chi connectivity index (χ3v) is 5.40. The summed E-state index contributed by atoms with van der Waals surface area (Å²) in [6.07, 6.45) is 4.69. The first-order valence-electron chi connectivity index (χ1n) is 9.52. The van der Waals surface area contributed by atoms with Gasteiger partial charge in [0.2, 0.25) is 5.95 Å². The summed E-state index contributed by atoms with van der Waals surface area (Å²) >= 11 is 0. The molecule has 1 saturated heterocycles. The Morgan fingerprint density at radius 3 is 3.10 bits per heavy atom. The Morgan fingerprint density at radius 2 is 2.21 bits per heavy atom. The quantitative estimate of drug-likeness (QED) is 0.725. The molecule has 0 unspecified atom stereocenters. The molecule has 0 bridgehead atoms. The van der Waals surface area contributed by atoms with Crippen LogP contribution in [0, 0.1) is 5.82 Å². The predicted octanol–water partition coefficient (Wildman–Crippen LogP) is 2.07. The third-order valence-electron chi connectivity index (χ3n) is 5.40. The molecule has 2 amide bonds. The maximum Gasteiger partial charge on any atom is 0.324 e. The molecule has 2 aromatic heterocycles. The molecule has 150 valence electrons. The van der Waals surface area contributed by atoms with E-state index in [0.717, 1.165) is 24.3 Å². The number of carbonyl (C=O) groups is 1. The molecule has 2 aliphatic heterocycles. The summed E-state index contributed by atoms with van der Waals surface area (Å²) in [6, 6.07) is 2.99. The monoisotopic (exact) mass is 397 g/mol. The van der Waals surface area contributed by atoms with Crippen molar-refractivity contribution in [2.75, 3.05) is 37.0 Å². The van der Waals surface area contributed by atoms with Crippen molar-refractivity contribution < 1.29 is 13.9 Å². The number of carbonyl (C=O) groups excluding carboxylic acids is 1. The van der Waals surface area contributed by atoms with Gasteiger partial charge < -0.3 is 15.0 Å². The SMILES string of the molecule is CN1CCCN(c2cnc(NCc3c(F)ccc4c3CCO4)n3cnnc23)C1=O. The number of fused-ring (bicyclic) bond motifs is 2. The Morgan fingerprint density at radius 1 is 1.31 bits per heavy atom. The number of nitrogens with zero attached hydrogens (tertiary/aromatic N) is 6. The average Bonchev–Trinajstić information content (AvgIpc) is 3.39. The number of aromatic nitrogens is 4. The number of anilines is 2. The van der Waals surface area contributed by atoms with Crippen LogP contribution in [0.15, 0.2) is 24.7 Å². The molecule has 1 aromatic carbocycles. The maximum atomic E-state index is 14.4. The fourth-order valence-corrected chi connectivity index (χ4v) is 3.89. The highest BCUT2D eigenvalue weighted by Crippen LogP contribution is 2.31. The second-order valence-electron chi connectivity index (χ2n) is 7.16. The molecule has 4 heterocycles. The summed E-state index contributed by atoms with van der Waals surface area (Å²) in [4.78, 5) is 20.3. The fourth-order valence-electron chi connectivity index (χ4n) is 3.89. The van der Waals surface area contributed by atoms with Crippen LogP contribution in [0.3, 0.4) is 0 Å². The van der Waals surface area contributed by atoms with Crippen LogP contribution in [0.2, 0.25) is 0 Å². The minimum absolute atomic E-state index is 0.0921. The van der Waals surface area contributed by atoms with Crippen LogP contribution < -0.4 is 15.0 Å².